The lowest BCUT2D eigenvalue weighted by Crippen LogP contribution is -2.49. The van der Waals surface area contributed by atoms with Gasteiger partial charge in [-0.25, -0.2) is 0 Å². The first-order chi connectivity index (χ1) is 9.50. The molecule has 1 amide bonds. The summed E-state index contributed by atoms with van der Waals surface area (Å²) in [6.07, 6.45) is 3.24. The molecule has 0 saturated carbocycles. The first-order valence-electron chi connectivity index (χ1n) is 7.54. The second kappa shape index (κ2) is 6.72. The van der Waals surface area contributed by atoms with Crippen molar-refractivity contribution in [3.8, 4) is 0 Å². The first kappa shape index (κ1) is 15.5. The van der Waals surface area contributed by atoms with E-state index in [0.717, 1.165) is 25.9 Å². The van der Waals surface area contributed by atoms with E-state index in [1.807, 2.05) is 0 Å². The molecule has 2 heterocycles. The molecule has 3 nitrogen and oxygen atoms in total. The summed E-state index contributed by atoms with van der Waals surface area (Å²) < 4.78 is 0. The highest BCUT2D eigenvalue weighted by Crippen LogP contribution is 2.32. The van der Waals surface area contributed by atoms with Crippen LogP contribution in [-0.4, -0.2) is 25.0 Å². The standard InChI is InChI=1S/C16H26N2OS/c1-12(10-14-7-5-9-20-14)18-15(19)16(2,3)13-6-4-8-17-11-13/h5,7,9,12-13,17H,4,6,8,10-11H2,1-3H3,(H,18,19). The molecule has 1 fully saturated rings. The van der Waals surface area contributed by atoms with E-state index in [1.54, 1.807) is 11.3 Å². The van der Waals surface area contributed by atoms with Gasteiger partial charge < -0.3 is 10.6 Å². The maximum absolute atomic E-state index is 12.6. The molecule has 2 atom stereocenters. The summed E-state index contributed by atoms with van der Waals surface area (Å²) in [5, 5.41) is 8.69. The highest BCUT2D eigenvalue weighted by Gasteiger charge is 2.37. The molecule has 0 aromatic carbocycles. The fourth-order valence-electron chi connectivity index (χ4n) is 2.84. The Hall–Kier alpha value is -0.870. The molecule has 1 aliphatic heterocycles. The van der Waals surface area contributed by atoms with E-state index < -0.39 is 0 Å². The van der Waals surface area contributed by atoms with Gasteiger partial charge in [0.25, 0.3) is 0 Å². The maximum atomic E-state index is 12.6. The van der Waals surface area contributed by atoms with Crippen LogP contribution in [0.15, 0.2) is 17.5 Å². The van der Waals surface area contributed by atoms with Crippen LogP contribution in [0.4, 0.5) is 0 Å². The van der Waals surface area contributed by atoms with E-state index in [1.165, 1.54) is 11.3 Å². The van der Waals surface area contributed by atoms with Gasteiger partial charge in [-0.2, -0.15) is 0 Å². The zero-order valence-electron chi connectivity index (χ0n) is 12.7. The van der Waals surface area contributed by atoms with E-state index in [9.17, 15) is 4.79 Å². The van der Waals surface area contributed by atoms with Crippen molar-refractivity contribution in [1.29, 1.82) is 0 Å². The summed E-state index contributed by atoms with van der Waals surface area (Å²) in [5.74, 6) is 0.625. The Kier molecular flexibility index (Phi) is 5.22. The molecule has 2 N–H and O–H groups in total. The highest BCUT2D eigenvalue weighted by atomic mass is 32.1. The van der Waals surface area contributed by atoms with Crippen LogP contribution in [0, 0.1) is 11.3 Å². The topological polar surface area (TPSA) is 41.1 Å². The van der Waals surface area contributed by atoms with Crippen LogP contribution in [0.5, 0.6) is 0 Å². The normalized spacial score (nSPS) is 21.4. The smallest absolute Gasteiger partial charge is 0.226 e. The number of rotatable bonds is 5. The molecule has 2 unspecified atom stereocenters. The Morgan fingerprint density at radius 3 is 3.00 bits per heavy atom. The fourth-order valence-corrected chi connectivity index (χ4v) is 3.68. The summed E-state index contributed by atoms with van der Waals surface area (Å²) in [5.41, 5.74) is -0.295. The van der Waals surface area contributed by atoms with Crippen LogP contribution in [-0.2, 0) is 11.2 Å². The number of hydrogen-bond donors (Lipinski definition) is 2. The van der Waals surface area contributed by atoms with Crippen LogP contribution in [0.1, 0.15) is 38.5 Å². The van der Waals surface area contributed by atoms with Crippen LogP contribution in [0.25, 0.3) is 0 Å². The molecular formula is C16H26N2OS. The Balaban J connectivity index is 1.89. The maximum Gasteiger partial charge on any atom is 0.226 e. The predicted molar refractivity (Wildman–Crippen MR) is 85.0 cm³/mol. The number of amides is 1. The summed E-state index contributed by atoms with van der Waals surface area (Å²) >= 11 is 1.75. The predicted octanol–water partition coefficient (Wildman–Crippen LogP) is 2.82. The second-order valence-corrected chi connectivity index (χ2v) is 7.46. The van der Waals surface area contributed by atoms with Crippen LogP contribution >= 0.6 is 11.3 Å². The minimum atomic E-state index is -0.295. The van der Waals surface area contributed by atoms with Crippen molar-refractivity contribution in [2.24, 2.45) is 11.3 Å². The number of nitrogens with one attached hydrogen (secondary N) is 2. The van der Waals surface area contributed by atoms with Crippen molar-refractivity contribution >= 4 is 17.2 Å². The minimum Gasteiger partial charge on any atom is -0.353 e. The molecule has 2 rings (SSSR count). The van der Waals surface area contributed by atoms with Crippen molar-refractivity contribution < 1.29 is 4.79 Å². The van der Waals surface area contributed by atoms with Gasteiger partial charge in [0.1, 0.15) is 0 Å². The molecule has 0 spiro atoms. The zero-order valence-corrected chi connectivity index (χ0v) is 13.6. The Morgan fingerprint density at radius 1 is 1.60 bits per heavy atom. The number of piperidine rings is 1. The lowest BCUT2D eigenvalue weighted by Gasteiger charge is -2.36. The van der Waals surface area contributed by atoms with Gasteiger partial charge in [0.2, 0.25) is 5.91 Å². The number of hydrogen-bond acceptors (Lipinski definition) is 3. The minimum absolute atomic E-state index is 0.190. The van der Waals surface area contributed by atoms with Crippen molar-refractivity contribution in [3.63, 3.8) is 0 Å². The molecule has 0 aliphatic carbocycles. The van der Waals surface area contributed by atoms with Crippen molar-refractivity contribution in [2.45, 2.75) is 46.1 Å². The van der Waals surface area contributed by atoms with E-state index in [-0.39, 0.29) is 17.4 Å². The van der Waals surface area contributed by atoms with E-state index in [2.05, 4.69) is 48.9 Å². The van der Waals surface area contributed by atoms with Crippen LogP contribution in [0.2, 0.25) is 0 Å². The lowest BCUT2D eigenvalue weighted by atomic mass is 9.74. The molecule has 1 aromatic rings. The lowest BCUT2D eigenvalue weighted by molar-refractivity contribution is -0.133. The third kappa shape index (κ3) is 3.83. The second-order valence-electron chi connectivity index (χ2n) is 6.42. The SMILES string of the molecule is CC(Cc1cccs1)NC(=O)C(C)(C)C1CCCNC1. The quantitative estimate of drug-likeness (QED) is 0.877. The monoisotopic (exact) mass is 294 g/mol. The third-order valence-corrected chi connectivity index (χ3v) is 5.27. The highest BCUT2D eigenvalue weighted by molar-refractivity contribution is 7.09. The van der Waals surface area contributed by atoms with E-state index in [0.29, 0.717) is 5.92 Å². The molecule has 4 heteroatoms. The molecule has 1 aliphatic rings. The van der Waals surface area contributed by atoms with E-state index >= 15 is 0 Å². The first-order valence-corrected chi connectivity index (χ1v) is 8.42. The Morgan fingerprint density at radius 2 is 2.40 bits per heavy atom. The van der Waals surface area contributed by atoms with Gasteiger partial charge in [-0.15, -0.1) is 11.3 Å². The number of carbonyl (C=O) groups is 1. The average molecular weight is 294 g/mol. The van der Waals surface area contributed by atoms with Crippen molar-refractivity contribution in [2.75, 3.05) is 13.1 Å². The van der Waals surface area contributed by atoms with Gasteiger partial charge in [-0.05, 0) is 50.2 Å². The van der Waals surface area contributed by atoms with Crippen molar-refractivity contribution in [1.82, 2.24) is 10.6 Å². The summed E-state index contributed by atoms with van der Waals surface area (Å²) in [4.78, 5) is 13.9. The molecule has 112 valence electrons. The Labute approximate surface area is 126 Å². The zero-order chi connectivity index (χ0) is 14.6. The van der Waals surface area contributed by atoms with E-state index in [4.69, 9.17) is 0 Å². The molecule has 0 bridgehead atoms. The van der Waals surface area contributed by atoms with Crippen LogP contribution < -0.4 is 10.6 Å². The van der Waals surface area contributed by atoms with Gasteiger partial charge in [-0.3, -0.25) is 4.79 Å². The van der Waals surface area contributed by atoms with Gasteiger partial charge in [0, 0.05) is 22.8 Å². The molecular weight excluding hydrogens is 268 g/mol. The fraction of sp³-hybridized carbons (Fsp3) is 0.688. The average Bonchev–Trinajstić information content (AvgIpc) is 2.92. The van der Waals surface area contributed by atoms with Gasteiger partial charge in [-0.1, -0.05) is 19.9 Å². The molecule has 1 aromatic heterocycles. The van der Waals surface area contributed by atoms with Crippen molar-refractivity contribution in [3.05, 3.63) is 22.4 Å². The summed E-state index contributed by atoms with van der Waals surface area (Å²) in [6.45, 7) is 8.30. The van der Waals surface area contributed by atoms with Gasteiger partial charge >= 0.3 is 0 Å². The van der Waals surface area contributed by atoms with Crippen LogP contribution in [0.3, 0.4) is 0 Å². The Bertz CT molecular complexity index is 422. The summed E-state index contributed by atoms with van der Waals surface area (Å²) in [7, 11) is 0. The molecule has 0 radical (unpaired) electrons. The molecule has 20 heavy (non-hydrogen) atoms. The summed E-state index contributed by atoms with van der Waals surface area (Å²) in [6, 6.07) is 4.38. The van der Waals surface area contributed by atoms with Gasteiger partial charge in [0.05, 0.1) is 0 Å². The molecule has 1 saturated heterocycles. The number of carbonyl (C=O) groups excluding carboxylic acids is 1. The van der Waals surface area contributed by atoms with Gasteiger partial charge in [0.15, 0.2) is 0 Å². The largest absolute Gasteiger partial charge is 0.353 e. The number of thiophene rings is 1. The third-order valence-electron chi connectivity index (χ3n) is 4.37.